The lowest BCUT2D eigenvalue weighted by Gasteiger charge is -2.04. The predicted octanol–water partition coefficient (Wildman–Crippen LogP) is 0.729. The fraction of sp³-hybridized carbons (Fsp3) is 0.500. The minimum Gasteiger partial charge on any atom is -0.454 e. The predicted molar refractivity (Wildman–Crippen MR) is 56.5 cm³/mol. The van der Waals surface area contributed by atoms with Crippen LogP contribution in [0.2, 0.25) is 0 Å². The molecule has 3 rings (SSSR count). The Morgan fingerprint density at radius 1 is 1.12 bits per heavy atom. The minimum absolute atomic E-state index is 0.112. The largest absolute Gasteiger partial charge is 0.454 e. The first-order valence-corrected chi connectivity index (χ1v) is 5.47. The molecule has 2 N–H and O–H groups in total. The van der Waals surface area contributed by atoms with Gasteiger partial charge in [0.05, 0.1) is 0 Å². The summed E-state index contributed by atoms with van der Waals surface area (Å²) in [5.41, 5.74) is 1.05. The lowest BCUT2D eigenvalue weighted by Crippen LogP contribution is -1.95. The molecule has 0 radical (unpaired) electrons. The molecule has 3 atom stereocenters. The minimum atomic E-state index is 0.112. The molecule has 1 aliphatic heterocycles. The second-order valence-electron chi connectivity index (χ2n) is 4.30. The Hall–Kier alpha value is -1.26. The standard InChI is InChI=1S/C12H14O4/c13-4-8-9(5-14)11(8)7-2-1-3-10-12(7)16-6-15-10/h1-3,8-9,11,13-14H,4-6H2/t8-,9+,11?. The molecule has 1 fully saturated rings. The SMILES string of the molecule is OC[C@@H]1C(c2cccc3c2OCO3)[C@@H]1CO. The van der Waals surface area contributed by atoms with Crippen LogP contribution >= 0.6 is 0 Å². The number of para-hydroxylation sites is 1. The molecule has 16 heavy (non-hydrogen) atoms. The summed E-state index contributed by atoms with van der Waals surface area (Å²) < 4.78 is 10.7. The van der Waals surface area contributed by atoms with Crippen molar-refractivity contribution in [2.45, 2.75) is 5.92 Å². The van der Waals surface area contributed by atoms with Gasteiger partial charge in [0.2, 0.25) is 6.79 Å². The quantitative estimate of drug-likeness (QED) is 0.791. The van der Waals surface area contributed by atoms with Gasteiger partial charge in [-0.1, -0.05) is 12.1 Å². The Bertz CT molecular complexity index is 394. The van der Waals surface area contributed by atoms with Crippen LogP contribution in [0.15, 0.2) is 18.2 Å². The van der Waals surface area contributed by atoms with Crippen molar-refractivity contribution in [3.63, 3.8) is 0 Å². The summed E-state index contributed by atoms with van der Waals surface area (Å²) in [6.07, 6.45) is 0. The zero-order valence-electron chi connectivity index (χ0n) is 8.80. The van der Waals surface area contributed by atoms with Crippen molar-refractivity contribution in [2.24, 2.45) is 11.8 Å². The van der Waals surface area contributed by atoms with E-state index in [4.69, 9.17) is 9.47 Å². The number of aliphatic hydroxyl groups excluding tert-OH is 2. The van der Waals surface area contributed by atoms with Crippen molar-refractivity contribution in [3.8, 4) is 11.5 Å². The summed E-state index contributed by atoms with van der Waals surface area (Å²) in [6, 6.07) is 5.77. The molecule has 86 valence electrons. The fourth-order valence-electron chi connectivity index (χ4n) is 2.62. The van der Waals surface area contributed by atoms with Crippen LogP contribution < -0.4 is 9.47 Å². The van der Waals surface area contributed by atoms with E-state index >= 15 is 0 Å². The lowest BCUT2D eigenvalue weighted by molar-refractivity contribution is 0.173. The summed E-state index contributed by atoms with van der Waals surface area (Å²) >= 11 is 0. The Morgan fingerprint density at radius 2 is 1.88 bits per heavy atom. The molecule has 0 saturated heterocycles. The average Bonchev–Trinajstić information content (AvgIpc) is 2.82. The van der Waals surface area contributed by atoms with Crippen LogP contribution in [-0.4, -0.2) is 30.2 Å². The number of benzene rings is 1. The summed E-state index contributed by atoms with van der Waals surface area (Å²) in [4.78, 5) is 0. The van der Waals surface area contributed by atoms with Crippen molar-refractivity contribution >= 4 is 0 Å². The molecule has 4 heteroatoms. The van der Waals surface area contributed by atoms with Gasteiger partial charge in [0.15, 0.2) is 11.5 Å². The molecule has 1 heterocycles. The summed E-state index contributed by atoms with van der Waals surface area (Å²) in [6.45, 7) is 0.480. The van der Waals surface area contributed by atoms with Gasteiger partial charge in [-0.05, 0) is 23.8 Å². The van der Waals surface area contributed by atoms with Gasteiger partial charge in [0, 0.05) is 18.8 Å². The van der Waals surface area contributed by atoms with Gasteiger partial charge in [-0.2, -0.15) is 0 Å². The molecular weight excluding hydrogens is 208 g/mol. The third kappa shape index (κ3) is 1.30. The van der Waals surface area contributed by atoms with E-state index in [1.165, 1.54) is 0 Å². The van der Waals surface area contributed by atoms with Crippen LogP contribution in [0.1, 0.15) is 11.5 Å². The van der Waals surface area contributed by atoms with E-state index in [2.05, 4.69) is 0 Å². The Labute approximate surface area is 93.4 Å². The normalized spacial score (nSPS) is 30.5. The Kier molecular flexibility index (Phi) is 2.26. The first-order chi connectivity index (χ1) is 7.86. The highest BCUT2D eigenvalue weighted by atomic mass is 16.7. The van der Waals surface area contributed by atoms with Gasteiger partial charge >= 0.3 is 0 Å². The molecule has 0 aromatic heterocycles. The van der Waals surface area contributed by atoms with E-state index < -0.39 is 0 Å². The number of hydrogen-bond acceptors (Lipinski definition) is 4. The second-order valence-corrected chi connectivity index (χ2v) is 4.30. The molecule has 1 unspecified atom stereocenters. The molecule has 2 aliphatic rings. The topological polar surface area (TPSA) is 58.9 Å². The highest BCUT2D eigenvalue weighted by Crippen LogP contribution is 2.57. The van der Waals surface area contributed by atoms with Gasteiger partial charge < -0.3 is 19.7 Å². The lowest BCUT2D eigenvalue weighted by atomic mass is 10.1. The van der Waals surface area contributed by atoms with Gasteiger partial charge in [-0.3, -0.25) is 0 Å². The fourth-order valence-corrected chi connectivity index (χ4v) is 2.62. The molecule has 0 spiro atoms. The monoisotopic (exact) mass is 222 g/mol. The highest BCUT2D eigenvalue weighted by molar-refractivity contribution is 5.52. The maximum absolute atomic E-state index is 9.20. The molecule has 4 nitrogen and oxygen atoms in total. The molecule has 0 amide bonds. The van der Waals surface area contributed by atoms with E-state index in [1.54, 1.807) is 0 Å². The van der Waals surface area contributed by atoms with Crippen molar-refractivity contribution < 1.29 is 19.7 Å². The molecule has 1 aromatic rings. The van der Waals surface area contributed by atoms with Crippen molar-refractivity contribution in [1.82, 2.24) is 0 Å². The second kappa shape index (κ2) is 3.64. The number of aliphatic hydroxyl groups is 2. The van der Waals surface area contributed by atoms with Crippen molar-refractivity contribution in [1.29, 1.82) is 0 Å². The zero-order valence-corrected chi connectivity index (χ0v) is 8.80. The maximum atomic E-state index is 9.20. The average molecular weight is 222 g/mol. The summed E-state index contributed by atoms with van der Waals surface area (Å²) in [5.74, 6) is 2.05. The molecule has 0 bridgehead atoms. The first-order valence-electron chi connectivity index (χ1n) is 5.47. The van der Waals surface area contributed by atoms with Gasteiger partial charge in [-0.25, -0.2) is 0 Å². The van der Waals surface area contributed by atoms with Crippen LogP contribution in [0.3, 0.4) is 0 Å². The van der Waals surface area contributed by atoms with Gasteiger partial charge in [-0.15, -0.1) is 0 Å². The third-order valence-electron chi connectivity index (χ3n) is 3.54. The number of fused-ring (bicyclic) bond motifs is 1. The zero-order chi connectivity index (χ0) is 11.1. The summed E-state index contributed by atoms with van der Waals surface area (Å²) in [7, 11) is 0. The van der Waals surface area contributed by atoms with E-state index in [9.17, 15) is 10.2 Å². The molecule has 1 saturated carbocycles. The maximum Gasteiger partial charge on any atom is 0.231 e. The molecular formula is C12H14O4. The third-order valence-corrected chi connectivity index (χ3v) is 3.54. The highest BCUT2D eigenvalue weighted by Gasteiger charge is 2.51. The summed E-state index contributed by atoms with van der Waals surface area (Å²) in [5, 5.41) is 18.4. The van der Waals surface area contributed by atoms with Crippen molar-refractivity contribution in [3.05, 3.63) is 23.8 Å². The van der Waals surface area contributed by atoms with E-state index in [0.717, 1.165) is 17.1 Å². The molecule has 1 aromatic carbocycles. The van der Waals surface area contributed by atoms with Crippen molar-refractivity contribution in [2.75, 3.05) is 20.0 Å². The van der Waals surface area contributed by atoms with E-state index in [0.29, 0.717) is 0 Å². The van der Waals surface area contributed by atoms with Crippen LogP contribution in [0, 0.1) is 11.8 Å². The first kappa shape index (κ1) is 9.93. The Morgan fingerprint density at radius 3 is 2.56 bits per heavy atom. The molecule has 1 aliphatic carbocycles. The van der Waals surface area contributed by atoms with Crippen LogP contribution in [0.25, 0.3) is 0 Å². The number of rotatable bonds is 3. The van der Waals surface area contributed by atoms with Crippen LogP contribution in [0.4, 0.5) is 0 Å². The van der Waals surface area contributed by atoms with E-state index in [-0.39, 0.29) is 37.8 Å². The van der Waals surface area contributed by atoms with Gasteiger partial charge in [0.1, 0.15) is 0 Å². The van der Waals surface area contributed by atoms with Crippen LogP contribution in [-0.2, 0) is 0 Å². The number of ether oxygens (including phenoxy) is 2. The van der Waals surface area contributed by atoms with E-state index in [1.807, 2.05) is 18.2 Å². The Balaban J connectivity index is 1.94. The van der Waals surface area contributed by atoms with Gasteiger partial charge in [0.25, 0.3) is 0 Å². The number of hydrogen-bond donors (Lipinski definition) is 2. The smallest absolute Gasteiger partial charge is 0.231 e. The van der Waals surface area contributed by atoms with Crippen LogP contribution in [0.5, 0.6) is 11.5 Å².